The third kappa shape index (κ3) is 5.26. The molecule has 13 heteroatoms. The van der Waals surface area contributed by atoms with E-state index in [9.17, 15) is 29.3 Å². The van der Waals surface area contributed by atoms with Gasteiger partial charge in [-0.15, -0.1) is 5.92 Å². The minimum atomic E-state index is -4.66. The number of hydrogen-bond donors (Lipinski definition) is 4. The molecule has 0 spiro atoms. The summed E-state index contributed by atoms with van der Waals surface area (Å²) in [6, 6.07) is 5.93. The van der Waals surface area contributed by atoms with Gasteiger partial charge in [-0.2, -0.15) is 0 Å². The first kappa shape index (κ1) is 23.2. The molecule has 2 aromatic rings. The number of hydrogen-bond acceptors (Lipinski definition) is 8. The Kier molecular flexibility index (Phi) is 7.03. The van der Waals surface area contributed by atoms with Gasteiger partial charge in [-0.3, -0.25) is 23.8 Å². The number of aromatic nitrogens is 2. The molecule has 1 aromatic carbocycles. The summed E-state index contributed by atoms with van der Waals surface area (Å²) < 4.78 is 28.2. The first-order valence-electron chi connectivity index (χ1n) is 8.84. The molecule has 31 heavy (non-hydrogen) atoms. The average Bonchev–Trinajstić information content (AvgIpc) is 2.99. The van der Waals surface area contributed by atoms with Gasteiger partial charge in [-0.05, 0) is 19.1 Å². The van der Waals surface area contributed by atoms with Crippen molar-refractivity contribution in [2.45, 2.75) is 31.5 Å². The zero-order chi connectivity index (χ0) is 22.8. The lowest BCUT2D eigenvalue weighted by Gasteiger charge is -2.18. The van der Waals surface area contributed by atoms with Crippen LogP contribution in [0.4, 0.5) is 0 Å². The normalized spacial score (nSPS) is 24.8. The predicted octanol–water partition coefficient (Wildman–Crippen LogP) is 0.377. The van der Waals surface area contributed by atoms with E-state index < -0.39 is 50.2 Å². The minimum absolute atomic E-state index is 0.0555. The Hall–Kier alpha value is -2.42. The van der Waals surface area contributed by atoms with Gasteiger partial charge >= 0.3 is 13.5 Å². The number of para-hydroxylation sites is 1. The van der Waals surface area contributed by atoms with Gasteiger partial charge in [0.25, 0.3) is 5.56 Å². The van der Waals surface area contributed by atoms with Crippen LogP contribution < -0.4 is 15.8 Å². The molecule has 1 aliphatic rings. The van der Waals surface area contributed by atoms with Crippen LogP contribution in [0, 0.1) is 11.8 Å². The first-order valence-corrected chi connectivity index (χ1v) is 10.7. The Balaban J connectivity index is 1.74. The lowest BCUT2D eigenvalue weighted by molar-refractivity contribution is -0.0540. The van der Waals surface area contributed by atoms with Gasteiger partial charge in [-0.1, -0.05) is 29.7 Å². The SMILES string of the molecule is CC#Cc1cn([C@@H]2O[C@H](COP(=O)(O)Oc3ccccc3Cl)[C@@H](O)[C@@H]2O)c(=O)[nH]c1=O. The summed E-state index contributed by atoms with van der Waals surface area (Å²) in [7, 11) is -4.66. The topological polar surface area (TPSA) is 160 Å². The predicted molar refractivity (Wildman–Crippen MR) is 108 cm³/mol. The van der Waals surface area contributed by atoms with Gasteiger partial charge in [-0.25, -0.2) is 9.36 Å². The Morgan fingerprint density at radius 1 is 1.29 bits per heavy atom. The molecule has 0 radical (unpaired) electrons. The van der Waals surface area contributed by atoms with E-state index >= 15 is 0 Å². The number of rotatable bonds is 6. The Bertz CT molecular complexity index is 1180. The van der Waals surface area contributed by atoms with Crippen LogP contribution in [0.25, 0.3) is 0 Å². The van der Waals surface area contributed by atoms with E-state index in [2.05, 4.69) is 11.8 Å². The molecule has 0 aliphatic carbocycles. The summed E-state index contributed by atoms with van der Waals surface area (Å²) in [6.07, 6.45) is -4.81. The van der Waals surface area contributed by atoms with E-state index in [0.717, 1.165) is 10.8 Å². The Morgan fingerprint density at radius 3 is 2.68 bits per heavy atom. The summed E-state index contributed by atoms with van der Waals surface area (Å²) >= 11 is 5.87. The number of phosphoric acid groups is 1. The summed E-state index contributed by atoms with van der Waals surface area (Å²) in [6.45, 7) is 0.831. The number of aromatic amines is 1. The molecule has 1 aliphatic heterocycles. The van der Waals surface area contributed by atoms with E-state index in [1.807, 2.05) is 4.98 Å². The Morgan fingerprint density at radius 2 is 2.00 bits per heavy atom. The lowest BCUT2D eigenvalue weighted by Crippen LogP contribution is -2.38. The van der Waals surface area contributed by atoms with Gasteiger partial charge in [0, 0.05) is 6.20 Å². The third-order valence-electron chi connectivity index (χ3n) is 4.29. The smallest absolute Gasteiger partial charge is 0.403 e. The molecule has 0 amide bonds. The van der Waals surface area contributed by atoms with Crippen LogP contribution in [-0.4, -0.2) is 49.6 Å². The molecule has 1 fully saturated rings. The molecule has 1 aromatic heterocycles. The van der Waals surface area contributed by atoms with Crippen molar-refractivity contribution in [3.63, 3.8) is 0 Å². The molecule has 0 saturated carbocycles. The summed E-state index contributed by atoms with van der Waals surface area (Å²) in [4.78, 5) is 35.8. The second-order valence-corrected chi connectivity index (χ2v) is 8.20. The van der Waals surface area contributed by atoms with Gasteiger partial charge in [0.2, 0.25) is 0 Å². The standard InChI is InChI=1S/C18H18ClN2O9P/c1-2-5-10-8-21(18(25)20-16(10)24)17-15(23)14(22)13(29-17)9-28-31(26,27)30-12-7-4-3-6-11(12)19/h3-4,6-8,13-15,17,22-23H,9H2,1H3,(H,26,27)(H,20,24,25)/t13-,14-,15+,17-/m1/s1. The van der Waals surface area contributed by atoms with Crippen LogP contribution in [0.1, 0.15) is 18.7 Å². The number of aliphatic hydroxyl groups excluding tert-OH is 2. The van der Waals surface area contributed by atoms with Crippen molar-refractivity contribution in [1.82, 2.24) is 9.55 Å². The van der Waals surface area contributed by atoms with Crippen LogP contribution >= 0.6 is 19.4 Å². The number of halogens is 1. The number of nitrogens with zero attached hydrogens (tertiary/aromatic N) is 1. The van der Waals surface area contributed by atoms with E-state index in [1.54, 1.807) is 6.07 Å². The lowest BCUT2D eigenvalue weighted by atomic mass is 10.1. The number of phosphoric ester groups is 1. The van der Waals surface area contributed by atoms with Crippen LogP contribution in [0.5, 0.6) is 5.75 Å². The molecule has 1 saturated heterocycles. The van der Waals surface area contributed by atoms with Gasteiger partial charge in [0.05, 0.1) is 11.6 Å². The minimum Gasteiger partial charge on any atom is -0.403 e. The zero-order valence-corrected chi connectivity index (χ0v) is 17.6. The molecule has 166 valence electrons. The molecule has 11 nitrogen and oxygen atoms in total. The fraction of sp³-hybridized carbons (Fsp3) is 0.333. The average molecular weight is 473 g/mol. The van der Waals surface area contributed by atoms with E-state index in [-0.39, 0.29) is 16.3 Å². The van der Waals surface area contributed by atoms with E-state index in [4.69, 9.17) is 25.4 Å². The number of aliphatic hydroxyl groups is 2. The van der Waals surface area contributed by atoms with E-state index in [0.29, 0.717) is 0 Å². The van der Waals surface area contributed by atoms with E-state index in [1.165, 1.54) is 25.1 Å². The van der Waals surface area contributed by atoms with Gasteiger partial charge in [0.15, 0.2) is 6.23 Å². The van der Waals surface area contributed by atoms with Crippen molar-refractivity contribution >= 4 is 19.4 Å². The van der Waals surface area contributed by atoms with Crippen molar-refractivity contribution in [2.24, 2.45) is 0 Å². The monoisotopic (exact) mass is 472 g/mol. The molecule has 5 atom stereocenters. The number of H-pyrrole nitrogens is 1. The fourth-order valence-corrected chi connectivity index (χ4v) is 3.86. The molecule has 1 unspecified atom stereocenters. The molecule has 0 bridgehead atoms. The zero-order valence-electron chi connectivity index (χ0n) is 16.0. The van der Waals surface area contributed by atoms with Crippen LogP contribution in [0.2, 0.25) is 5.02 Å². The third-order valence-corrected chi connectivity index (χ3v) is 5.51. The molecule has 4 N–H and O–H groups in total. The highest BCUT2D eigenvalue weighted by molar-refractivity contribution is 7.47. The maximum absolute atomic E-state index is 12.2. The van der Waals surface area contributed by atoms with Crippen molar-refractivity contribution in [1.29, 1.82) is 0 Å². The number of nitrogens with one attached hydrogen (secondary N) is 1. The first-order chi connectivity index (χ1) is 14.6. The van der Waals surface area contributed by atoms with Crippen molar-refractivity contribution in [3.05, 3.63) is 61.9 Å². The largest absolute Gasteiger partial charge is 0.527 e. The number of benzene rings is 1. The Labute approximate surface area is 180 Å². The molecular weight excluding hydrogens is 455 g/mol. The summed E-state index contributed by atoms with van der Waals surface area (Å²) in [5.74, 6) is 4.92. The van der Waals surface area contributed by atoms with Crippen LogP contribution in [-0.2, 0) is 13.8 Å². The van der Waals surface area contributed by atoms with Crippen LogP contribution in [0.3, 0.4) is 0 Å². The summed E-state index contributed by atoms with van der Waals surface area (Å²) in [5.41, 5.74) is -1.68. The second kappa shape index (κ2) is 9.38. The molecular formula is C18H18ClN2O9P. The highest BCUT2D eigenvalue weighted by Gasteiger charge is 2.45. The van der Waals surface area contributed by atoms with Crippen LogP contribution in [0.15, 0.2) is 40.1 Å². The fourth-order valence-electron chi connectivity index (χ4n) is 2.83. The maximum atomic E-state index is 12.2. The van der Waals surface area contributed by atoms with Crippen molar-refractivity contribution < 1.29 is 33.5 Å². The highest BCUT2D eigenvalue weighted by atomic mass is 35.5. The van der Waals surface area contributed by atoms with Crippen molar-refractivity contribution in [3.8, 4) is 17.6 Å². The quantitative estimate of drug-likeness (QED) is 0.344. The molecule has 3 rings (SSSR count). The van der Waals surface area contributed by atoms with Gasteiger partial charge in [0.1, 0.15) is 29.6 Å². The van der Waals surface area contributed by atoms with Gasteiger partial charge < -0.3 is 19.5 Å². The maximum Gasteiger partial charge on any atom is 0.527 e. The summed E-state index contributed by atoms with van der Waals surface area (Å²) in [5, 5.41) is 20.6. The highest BCUT2D eigenvalue weighted by Crippen LogP contribution is 2.46. The molecule has 2 heterocycles. The number of ether oxygens (including phenoxy) is 1. The van der Waals surface area contributed by atoms with Crippen molar-refractivity contribution in [2.75, 3.05) is 6.61 Å². The second-order valence-electron chi connectivity index (χ2n) is 6.42.